The molecule has 0 aliphatic carbocycles. The van der Waals surface area contributed by atoms with Crippen LogP contribution in [0.2, 0.25) is 5.15 Å². The van der Waals surface area contributed by atoms with Gasteiger partial charge in [-0.05, 0) is 23.8 Å². The van der Waals surface area contributed by atoms with Crippen molar-refractivity contribution in [1.29, 1.82) is 0 Å². The van der Waals surface area contributed by atoms with Gasteiger partial charge in [0.1, 0.15) is 17.2 Å². The zero-order valence-electron chi connectivity index (χ0n) is 13.7. The van der Waals surface area contributed by atoms with Crippen molar-refractivity contribution < 1.29 is 9.59 Å². The number of para-hydroxylation sites is 1. The lowest BCUT2D eigenvalue weighted by molar-refractivity contribution is -0.128. The van der Waals surface area contributed by atoms with Gasteiger partial charge in [0.2, 0.25) is 0 Å². The van der Waals surface area contributed by atoms with E-state index in [2.05, 4.69) is 15.3 Å². The van der Waals surface area contributed by atoms with Crippen molar-refractivity contribution >= 4 is 34.6 Å². The molecule has 0 radical (unpaired) electrons. The van der Waals surface area contributed by atoms with Crippen LogP contribution in [0, 0.1) is 0 Å². The van der Waals surface area contributed by atoms with Gasteiger partial charge in [-0.3, -0.25) is 9.69 Å². The van der Waals surface area contributed by atoms with Crippen LogP contribution in [0.1, 0.15) is 5.56 Å². The Kier molecular flexibility index (Phi) is 4.26. The SMILES string of the molecule is O=C(Cn1nnc2ccccc21)N1CCN(Cc2ccc(Cl)nc2)C1=O. The molecule has 1 fully saturated rings. The zero-order valence-corrected chi connectivity index (χ0v) is 14.5. The molecule has 3 amide bonds. The number of fused-ring (bicyclic) bond motifs is 1. The highest BCUT2D eigenvalue weighted by Gasteiger charge is 2.33. The summed E-state index contributed by atoms with van der Waals surface area (Å²) < 4.78 is 1.51. The number of rotatable bonds is 4. The summed E-state index contributed by atoms with van der Waals surface area (Å²) >= 11 is 5.77. The summed E-state index contributed by atoms with van der Waals surface area (Å²) in [6.07, 6.45) is 1.63. The highest BCUT2D eigenvalue weighted by Crippen LogP contribution is 2.16. The number of hydrogen-bond acceptors (Lipinski definition) is 5. The van der Waals surface area contributed by atoms with Crippen LogP contribution < -0.4 is 0 Å². The van der Waals surface area contributed by atoms with E-state index in [1.54, 1.807) is 17.2 Å². The Morgan fingerprint density at radius 1 is 1.15 bits per heavy atom. The predicted molar refractivity (Wildman–Crippen MR) is 94.3 cm³/mol. The lowest BCUT2D eigenvalue weighted by Gasteiger charge is -2.17. The summed E-state index contributed by atoms with van der Waals surface area (Å²) in [7, 11) is 0. The largest absolute Gasteiger partial charge is 0.327 e. The van der Waals surface area contributed by atoms with Gasteiger partial charge in [0.15, 0.2) is 0 Å². The van der Waals surface area contributed by atoms with Crippen LogP contribution in [0.4, 0.5) is 4.79 Å². The van der Waals surface area contributed by atoms with Crippen LogP contribution in [0.15, 0.2) is 42.6 Å². The molecule has 0 saturated carbocycles. The molecule has 1 saturated heterocycles. The van der Waals surface area contributed by atoms with E-state index < -0.39 is 0 Å². The monoisotopic (exact) mass is 370 g/mol. The van der Waals surface area contributed by atoms with E-state index in [9.17, 15) is 9.59 Å². The second kappa shape index (κ2) is 6.72. The standard InChI is InChI=1S/C17H15ClN6O2/c18-15-6-5-12(9-19-15)10-22-7-8-23(17(22)26)16(25)11-24-14-4-2-1-3-13(14)20-21-24/h1-6,9H,7-8,10-11H2. The maximum Gasteiger partial charge on any atom is 0.327 e. The van der Waals surface area contributed by atoms with Gasteiger partial charge >= 0.3 is 6.03 Å². The minimum atomic E-state index is -0.311. The van der Waals surface area contributed by atoms with Gasteiger partial charge in [-0.2, -0.15) is 0 Å². The number of nitrogens with zero attached hydrogens (tertiary/aromatic N) is 6. The third kappa shape index (κ3) is 3.11. The van der Waals surface area contributed by atoms with E-state index in [0.717, 1.165) is 11.1 Å². The van der Waals surface area contributed by atoms with Crippen molar-refractivity contribution in [2.24, 2.45) is 0 Å². The number of benzene rings is 1. The number of amides is 3. The average molecular weight is 371 g/mol. The molecule has 26 heavy (non-hydrogen) atoms. The Morgan fingerprint density at radius 2 is 2.00 bits per heavy atom. The van der Waals surface area contributed by atoms with Crippen molar-refractivity contribution in [1.82, 2.24) is 29.8 Å². The van der Waals surface area contributed by atoms with Crippen LogP contribution in [-0.4, -0.2) is 54.8 Å². The summed E-state index contributed by atoms with van der Waals surface area (Å²) in [6, 6.07) is 10.6. The summed E-state index contributed by atoms with van der Waals surface area (Å²) in [5, 5.41) is 8.43. The molecule has 3 heterocycles. The third-order valence-corrected chi connectivity index (χ3v) is 4.49. The van der Waals surface area contributed by atoms with E-state index in [0.29, 0.717) is 30.3 Å². The van der Waals surface area contributed by atoms with Gasteiger partial charge in [-0.25, -0.2) is 14.5 Å². The fourth-order valence-electron chi connectivity index (χ4n) is 2.93. The van der Waals surface area contributed by atoms with Gasteiger partial charge in [-0.15, -0.1) is 5.10 Å². The number of imide groups is 1. The molecule has 0 atom stereocenters. The topological polar surface area (TPSA) is 84.2 Å². The van der Waals surface area contributed by atoms with Crippen molar-refractivity contribution in [3.8, 4) is 0 Å². The van der Waals surface area contributed by atoms with Gasteiger partial charge in [0.25, 0.3) is 5.91 Å². The van der Waals surface area contributed by atoms with Gasteiger partial charge < -0.3 is 4.90 Å². The molecule has 2 aromatic heterocycles. The quantitative estimate of drug-likeness (QED) is 0.655. The van der Waals surface area contributed by atoms with E-state index in [4.69, 9.17) is 11.6 Å². The summed E-state index contributed by atoms with van der Waals surface area (Å²) in [5.41, 5.74) is 2.33. The molecule has 0 bridgehead atoms. The maximum atomic E-state index is 12.6. The molecule has 9 heteroatoms. The molecule has 3 aromatic rings. The van der Waals surface area contributed by atoms with Crippen LogP contribution in [0.3, 0.4) is 0 Å². The van der Waals surface area contributed by atoms with Gasteiger partial charge in [0, 0.05) is 25.8 Å². The molecule has 8 nitrogen and oxygen atoms in total. The Morgan fingerprint density at radius 3 is 2.81 bits per heavy atom. The zero-order chi connectivity index (χ0) is 18.1. The normalized spacial score (nSPS) is 14.4. The smallest absolute Gasteiger partial charge is 0.318 e. The number of urea groups is 1. The molecular formula is C17H15ClN6O2. The van der Waals surface area contributed by atoms with E-state index in [1.165, 1.54) is 9.58 Å². The molecule has 1 aliphatic heterocycles. The minimum absolute atomic E-state index is 0.0252. The number of halogens is 1. The summed E-state index contributed by atoms with van der Waals surface area (Å²) in [6.45, 7) is 1.19. The fourth-order valence-corrected chi connectivity index (χ4v) is 3.04. The van der Waals surface area contributed by atoms with E-state index in [1.807, 2.05) is 30.3 Å². The first-order chi connectivity index (χ1) is 12.6. The molecule has 132 valence electrons. The average Bonchev–Trinajstić information content (AvgIpc) is 3.21. The van der Waals surface area contributed by atoms with Crippen LogP contribution in [-0.2, 0) is 17.9 Å². The second-order valence-electron chi connectivity index (χ2n) is 5.97. The first kappa shape index (κ1) is 16.5. The fraction of sp³-hybridized carbons (Fsp3) is 0.235. The Balaban J connectivity index is 1.44. The second-order valence-corrected chi connectivity index (χ2v) is 6.36. The lowest BCUT2D eigenvalue weighted by Crippen LogP contribution is -2.38. The number of carbonyl (C=O) groups is 2. The number of pyridine rings is 1. The first-order valence-corrected chi connectivity index (χ1v) is 8.47. The lowest BCUT2D eigenvalue weighted by atomic mass is 10.3. The van der Waals surface area contributed by atoms with Crippen LogP contribution >= 0.6 is 11.6 Å². The number of hydrogen-bond donors (Lipinski definition) is 0. The predicted octanol–water partition coefficient (Wildman–Crippen LogP) is 1.94. The van der Waals surface area contributed by atoms with Crippen molar-refractivity contribution in [2.75, 3.05) is 13.1 Å². The molecule has 0 unspecified atom stereocenters. The Hall–Kier alpha value is -3.00. The molecule has 4 rings (SSSR count). The van der Waals surface area contributed by atoms with E-state index >= 15 is 0 Å². The van der Waals surface area contributed by atoms with Crippen molar-refractivity contribution in [2.45, 2.75) is 13.1 Å². The number of aromatic nitrogens is 4. The molecule has 1 aromatic carbocycles. The third-order valence-electron chi connectivity index (χ3n) is 4.26. The molecular weight excluding hydrogens is 356 g/mol. The maximum absolute atomic E-state index is 12.6. The first-order valence-electron chi connectivity index (χ1n) is 8.10. The molecule has 0 N–H and O–H groups in total. The summed E-state index contributed by atoms with van der Waals surface area (Å²) in [4.78, 5) is 32.0. The van der Waals surface area contributed by atoms with Gasteiger partial charge in [0.05, 0.1) is 5.52 Å². The highest BCUT2D eigenvalue weighted by atomic mass is 35.5. The van der Waals surface area contributed by atoms with Gasteiger partial charge in [-0.1, -0.05) is 35.0 Å². The molecule has 1 aliphatic rings. The van der Waals surface area contributed by atoms with E-state index in [-0.39, 0.29) is 18.5 Å². The van der Waals surface area contributed by atoms with Crippen molar-refractivity contribution in [3.05, 3.63) is 53.3 Å². The minimum Gasteiger partial charge on any atom is -0.318 e. The summed E-state index contributed by atoms with van der Waals surface area (Å²) in [5.74, 6) is -0.303. The van der Waals surface area contributed by atoms with Crippen LogP contribution in [0.5, 0.6) is 0 Å². The van der Waals surface area contributed by atoms with Crippen molar-refractivity contribution in [3.63, 3.8) is 0 Å². The highest BCUT2D eigenvalue weighted by molar-refractivity contribution is 6.29. The Bertz CT molecular complexity index is 971. The Labute approximate surface area is 154 Å². The van der Waals surface area contributed by atoms with Crippen LogP contribution in [0.25, 0.3) is 11.0 Å². The number of carbonyl (C=O) groups excluding carboxylic acids is 2. The molecule has 0 spiro atoms.